The molecule has 0 spiro atoms. The Bertz CT molecular complexity index is 1070. The minimum absolute atomic E-state index is 0.0334. The molecule has 6 nitrogen and oxygen atoms in total. The standard InChI is InChI=1S/C25H27N3O3/c1-17(2)15-24(30)28-22-11-9-21(10-12-22)27-23(29)13-14-26-25(31)20-8-7-18-5-3-4-6-19(18)16-20/h3-12,16-17H,13-15H2,1-2H3,(H,26,31)(H,27,29)(H,28,30). The second kappa shape index (κ2) is 10.4. The van der Waals surface area contributed by atoms with Gasteiger partial charge in [0.1, 0.15) is 0 Å². The van der Waals surface area contributed by atoms with Crippen LogP contribution in [0, 0.1) is 5.92 Å². The third-order valence-corrected chi connectivity index (χ3v) is 4.70. The number of nitrogens with one attached hydrogen (secondary N) is 3. The maximum absolute atomic E-state index is 12.3. The number of rotatable bonds is 8. The van der Waals surface area contributed by atoms with Crippen molar-refractivity contribution in [1.29, 1.82) is 0 Å². The Kier molecular flexibility index (Phi) is 7.38. The van der Waals surface area contributed by atoms with E-state index in [0.29, 0.717) is 29.3 Å². The number of carbonyl (C=O) groups excluding carboxylic acids is 3. The molecule has 31 heavy (non-hydrogen) atoms. The van der Waals surface area contributed by atoms with Crippen LogP contribution in [-0.2, 0) is 9.59 Å². The summed E-state index contributed by atoms with van der Waals surface area (Å²) in [6.45, 7) is 4.21. The van der Waals surface area contributed by atoms with Crippen molar-refractivity contribution in [1.82, 2.24) is 5.32 Å². The first-order valence-electron chi connectivity index (χ1n) is 10.4. The predicted octanol–water partition coefficient (Wildman–Crippen LogP) is 4.58. The van der Waals surface area contributed by atoms with Crippen molar-refractivity contribution in [2.24, 2.45) is 5.92 Å². The summed E-state index contributed by atoms with van der Waals surface area (Å²) in [5, 5.41) is 10.5. The van der Waals surface area contributed by atoms with Gasteiger partial charge in [-0.1, -0.05) is 44.2 Å². The molecule has 3 amide bonds. The summed E-state index contributed by atoms with van der Waals surface area (Å²) in [6.07, 6.45) is 0.621. The normalized spacial score (nSPS) is 10.7. The van der Waals surface area contributed by atoms with Gasteiger partial charge in [-0.2, -0.15) is 0 Å². The molecule has 3 aromatic carbocycles. The van der Waals surface area contributed by atoms with E-state index in [-0.39, 0.29) is 30.7 Å². The summed E-state index contributed by atoms with van der Waals surface area (Å²) in [5.74, 6) is -0.148. The first-order chi connectivity index (χ1) is 14.9. The molecule has 0 saturated heterocycles. The second-order valence-corrected chi connectivity index (χ2v) is 7.84. The average Bonchev–Trinajstić information content (AvgIpc) is 2.74. The van der Waals surface area contributed by atoms with Gasteiger partial charge in [-0.25, -0.2) is 0 Å². The number of fused-ring (bicyclic) bond motifs is 1. The quantitative estimate of drug-likeness (QED) is 0.501. The molecule has 0 aliphatic carbocycles. The van der Waals surface area contributed by atoms with Gasteiger partial charge >= 0.3 is 0 Å². The lowest BCUT2D eigenvalue weighted by Gasteiger charge is -2.09. The zero-order valence-electron chi connectivity index (χ0n) is 17.8. The fourth-order valence-electron chi connectivity index (χ4n) is 3.17. The molecule has 0 aliphatic rings. The summed E-state index contributed by atoms with van der Waals surface area (Å²) in [7, 11) is 0. The summed E-state index contributed by atoms with van der Waals surface area (Å²) >= 11 is 0. The Morgan fingerprint density at radius 1 is 0.774 bits per heavy atom. The number of hydrogen-bond donors (Lipinski definition) is 3. The van der Waals surface area contributed by atoms with Crippen molar-refractivity contribution in [2.75, 3.05) is 17.2 Å². The van der Waals surface area contributed by atoms with Crippen LogP contribution < -0.4 is 16.0 Å². The lowest BCUT2D eigenvalue weighted by atomic mass is 10.1. The topological polar surface area (TPSA) is 87.3 Å². The molecule has 3 N–H and O–H groups in total. The fraction of sp³-hybridized carbons (Fsp3) is 0.240. The summed E-state index contributed by atoms with van der Waals surface area (Å²) in [4.78, 5) is 36.3. The van der Waals surface area contributed by atoms with Gasteiger partial charge in [0.2, 0.25) is 11.8 Å². The Morgan fingerprint density at radius 3 is 2.03 bits per heavy atom. The molecule has 0 fully saturated rings. The maximum atomic E-state index is 12.3. The summed E-state index contributed by atoms with van der Waals surface area (Å²) in [6, 6.07) is 20.3. The molecule has 0 bridgehead atoms. The van der Waals surface area contributed by atoms with Crippen molar-refractivity contribution >= 4 is 39.9 Å². The molecular formula is C25H27N3O3. The third kappa shape index (κ3) is 6.67. The van der Waals surface area contributed by atoms with E-state index in [9.17, 15) is 14.4 Å². The molecule has 0 heterocycles. The highest BCUT2D eigenvalue weighted by atomic mass is 16.2. The minimum Gasteiger partial charge on any atom is -0.352 e. The predicted molar refractivity (Wildman–Crippen MR) is 124 cm³/mol. The van der Waals surface area contributed by atoms with E-state index >= 15 is 0 Å². The first kappa shape index (κ1) is 22.0. The van der Waals surface area contributed by atoms with Crippen LogP contribution in [0.4, 0.5) is 11.4 Å². The van der Waals surface area contributed by atoms with Crippen LogP contribution in [0.2, 0.25) is 0 Å². The van der Waals surface area contributed by atoms with E-state index in [4.69, 9.17) is 0 Å². The molecule has 6 heteroatoms. The molecule has 0 radical (unpaired) electrons. The van der Waals surface area contributed by atoms with Crippen LogP contribution in [0.15, 0.2) is 66.7 Å². The zero-order chi connectivity index (χ0) is 22.2. The highest BCUT2D eigenvalue weighted by molar-refractivity contribution is 5.99. The number of carbonyl (C=O) groups is 3. The van der Waals surface area contributed by atoms with Crippen LogP contribution in [0.1, 0.15) is 37.0 Å². The van der Waals surface area contributed by atoms with Gasteiger partial charge in [0.15, 0.2) is 0 Å². The van der Waals surface area contributed by atoms with E-state index in [1.165, 1.54) is 0 Å². The molecule has 0 saturated carbocycles. The van der Waals surface area contributed by atoms with Crippen molar-refractivity contribution in [3.8, 4) is 0 Å². The highest BCUT2D eigenvalue weighted by Gasteiger charge is 2.09. The van der Waals surface area contributed by atoms with Crippen molar-refractivity contribution < 1.29 is 14.4 Å². The van der Waals surface area contributed by atoms with Gasteiger partial charge in [0.25, 0.3) is 5.91 Å². The first-order valence-corrected chi connectivity index (χ1v) is 10.4. The SMILES string of the molecule is CC(C)CC(=O)Nc1ccc(NC(=O)CCNC(=O)c2ccc3ccccc3c2)cc1. The number of anilines is 2. The molecule has 0 aromatic heterocycles. The van der Waals surface area contributed by atoms with E-state index in [0.717, 1.165) is 10.8 Å². The third-order valence-electron chi connectivity index (χ3n) is 4.70. The Hall–Kier alpha value is -3.67. The van der Waals surface area contributed by atoms with Gasteiger partial charge in [0.05, 0.1) is 0 Å². The molecule has 3 rings (SSSR count). The van der Waals surface area contributed by atoms with Crippen LogP contribution in [-0.4, -0.2) is 24.3 Å². The Labute approximate surface area is 182 Å². The lowest BCUT2D eigenvalue weighted by molar-refractivity contribution is -0.117. The van der Waals surface area contributed by atoms with E-state index in [1.54, 1.807) is 30.3 Å². The number of hydrogen-bond acceptors (Lipinski definition) is 3. The summed E-state index contributed by atoms with van der Waals surface area (Å²) in [5.41, 5.74) is 1.88. The fourth-order valence-corrected chi connectivity index (χ4v) is 3.17. The molecule has 160 valence electrons. The Balaban J connectivity index is 1.44. The molecule has 0 aliphatic heterocycles. The van der Waals surface area contributed by atoms with Crippen molar-refractivity contribution in [2.45, 2.75) is 26.7 Å². The zero-order valence-corrected chi connectivity index (χ0v) is 17.8. The lowest BCUT2D eigenvalue weighted by Crippen LogP contribution is -2.27. The van der Waals surface area contributed by atoms with Crippen LogP contribution >= 0.6 is 0 Å². The van der Waals surface area contributed by atoms with E-state index in [2.05, 4.69) is 16.0 Å². The largest absolute Gasteiger partial charge is 0.352 e. The number of benzene rings is 3. The second-order valence-electron chi connectivity index (χ2n) is 7.84. The average molecular weight is 418 g/mol. The van der Waals surface area contributed by atoms with E-state index < -0.39 is 0 Å². The van der Waals surface area contributed by atoms with Crippen molar-refractivity contribution in [3.05, 3.63) is 72.3 Å². The molecular weight excluding hydrogens is 390 g/mol. The maximum Gasteiger partial charge on any atom is 0.251 e. The van der Waals surface area contributed by atoms with Gasteiger partial charge in [-0.15, -0.1) is 0 Å². The smallest absolute Gasteiger partial charge is 0.251 e. The van der Waals surface area contributed by atoms with Crippen LogP contribution in [0.25, 0.3) is 10.8 Å². The van der Waals surface area contributed by atoms with E-state index in [1.807, 2.05) is 50.2 Å². The van der Waals surface area contributed by atoms with Gasteiger partial charge < -0.3 is 16.0 Å². The minimum atomic E-state index is -0.208. The molecule has 0 unspecified atom stereocenters. The molecule has 0 atom stereocenters. The van der Waals surface area contributed by atoms with Crippen LogP contribution in [0.5, 0.6) is 0 Å². The van der Waals surface area contributed by atoms with Gasteiger partial charge in [-0.05, 0) is 53.1 Å². The van der Waals surface area contributed by atoms with Gasteiger partial charge in [0, 0.05) is 36.3 Å². The van der Waals surface area contributed by atoms with Gasteiger partial charge in [-0.3, -0.25) is 14.4 Å². The highest BCUT2D eigenvalue weighted by Crippen LogP contribution is 2.16. The Morgan fingerprint density at radius 2 is 1.39 bits per heavy atom. The molecule has 3 aromatic rings. The summed E-state index contributed by atoms with van der Waals surface area (Å²) < 4.78 is 0. The monoisotopic (exact) mass is 417 g/mol. The van der Waals surface area contributed by atoms with Crippen LogP contribution in [0.3, 0.4) is 0 Å². The number of amides is 3. The van der Waals surface area contributed by atoms with Crippen molar-refractivity contribution in [3.63, 3.8) is 0 Å².